The lowest BCUT2D eigenvalue weighted by Crippen LogP contribution is -2.33. The number of carbonyl (C=O) groups is 1. The fourth-order valence-corrected chi connectivity index (χ4v) is 2.06. The van der Waals surface area contributed by atoms with Gasteiger partial charge in [0.1, 0.15) is 5.75 Å². The first-order chi connectivity index (χ1) is 12.1. The molecule has 2 heterocycles. The summed E-state index contributed by atoms with van der Waals surface area (Å²) in [6.45, 7) is 3.75. The van der Waals surface area contributed by atoms with E-state index in [4.69, 9.17) is 9.26 Å². The second-order valence-electron chi connectivity index (χ2n) is 5.39. The molecule has 0 atom stereocenters. The van der Waals surface area contributed by atoms with E-state index in [2.05, 4.69) is 26.0 Å². The SMILES string of the molecule is Cc1ccc(C)c(OCC(=O)NNc2nc(-c3ccncc3)no2)c1. The Kier molecular flexibility index (Phi) is 4.89. The van der Waals surface area contributed by atoms with E-state index in [0.717, 1.165) is 16.7 Å². The molecule has 3 rings (SSSR count). The molecule has 0 radical (unpaired) electrons. The fraction of sp³-hybridized carbons (Fsp3) is 0.176. The Labute approximate surface area is 144 Å². The van der Waals surface area contributed by atoms with Gasteiger partial charge in [-0.15, -0.1) is 0 Å². The Hall–Kier alpha value is -3.42. The van der Waals surface area contributed by atoms with Crippen molar-refractivity contribution in [3.05, 3.63) is 53.9 Å². The second kappa shape index (κ2) is 7.43. The van der Waals surface area contributed by atoms with Crippen LogP contribution in [0.15, 0.2) is 47.2 Å². The molecule has 0 bridgehead atoms. The summed E-state index contributed by atoms with van der Waals surface area (Å²) < 4.78 is 10.5. The topological polar surface area (TPSA) is 102 Å². The van der Waals surface area contributed by atoms with Crippen molar-refractivity contribution >= 4 is 11.9 Å². The highest BCUT2D eigenvalue weighted by atomic mass is 16.5. The molecule has 2 N–H and O–H groups in total. The summed E-state index contributed by atoms with van der Waals surface area (Å²) in [5, 5.41) is 3.82. The largest absolute Gasteiger partial charge is 0.483 e. The van der Waals surface area contributed by atoms with Crippen LogP contribution in [0.25, 0.3) is 11.4 Å². The number of nitrogens with one attached hydrogen (secondary N) is 2. The van der Waals surface area contributed by atoms with E-state index in [1.54, 1.807) is 24.5 Å². The number of rotatable bonds is 6. The molecule has 8 heteroatoms. The van der Waals surface area contributed by atoms with Crippen LogP contribution in [0, 0.1) is 13.8 Å². The summed E-state index contributed by atoms with van der Waals surface area (Å²) >= 11 is 0. The summed E-state index contributed by atoms with van der Waals surface area (Å²) in [6, 6.07) is 9.40. The van der Waals surface area contributed by atoms with Gasteiger partial charge in [0.15, 0.2) is 6.61 Å². The van der Waals surface area contributed by atoms with E-state index in [-0.39, 0.29) is 18.5 Å². The smallest absolute Gasteiger partial charge is 0.340 e. The fourth-order valence-electron chi connectivity index (χ4n) is 2.06. The van der Waals surface area contributed by atoms with Crippen LogP contribution in [0.4, 0.5) is 6.01 Å². The van der Waals surface area contributed by atoms with Gasteiger partial charge in [0.2, 0.25) is 5.82 Å². The predicted octanol–water partition coefficient (Wildman–Crippen LogP) is 2.27. The van der Waals surface area contributed by atoms with Crippen LogP contribution < -0.4 is 15.6 Å². The molecular weight excluding hydrogens is 322 g/mol. The van der Waals surface area contributed by atoms with Crippen LogP contribution in [0.2, 0.25) is 0 Å². The molecule has 25 heavy (non-hydrogen) atoms. The molecule has 2 aromatic heterocycles. The molecular formula is C17H17N5O3. The van der Waals surface area contributed by atoms with Crippen molar-refractivity contribution in [2.45, 2.75) is 13.8 Å². The van der Waals surface area contributed by atoms with E-state index in [1.807, 2.05) is 32.0 Å². The molecule has 8 nitrogen and oxygen atoms in total. The van der Waals surface area contributed by atoms with E-state index >= 15 is 0 Å². The predicted molar refractivity (Wildman–Crippen MR) is 90.7 cm³/mol. The highest BCUT2D eigenvalue weighted by Crippen LogP contribution is 2.19. The molecule has 0 unspecified atom stereocenters. The number of nitrogens with zero attached hydrogens (tertiary/aromatic N) is 3. The highest BCUT2D eigenvalue weighted by Gasteiger charge is 2.10. The number of hydrazine groups is 1. The Bertz CT molecular complexity index is 864. The van der Waals surface area contributed by atoms with Gasteiger partial charge in [0, 0.05) is 18.0 Å². The standard InChI is InChI=1S/C17H17N5O3/c1-11-3-4-12(2)14(9-11)24-10-15(23)20-21-17-19-16(22-25-17)13-5-7-18-8-6-13/h3-9H,10H2,1-2H3,(H,20,23)(H,19,21,22). The maximum Gasteiger partial charge on any atom is 0.340 e. The highest BCUT2D eigenvalue weighted by molar-refractivity contribution is 5.78. The number of aromatic nitrogens is 3. The molecule has 0 spiro atoms. The van der Waals surface area contributed by atoms with Gasteiger partial charge in [0.25, 0.3) is 5.91 Å². The van der Waals surface area contributed by atoms with Gasteiger partial charge in [-0.1, -0.05) is 17.3 Å². The van der Waals surface area contributed by atoms with Crippen LogP contribution in [0.1, 0.15) is 11.1 Å². The third kappa shape index (κ3) is 4.31. The third-order valence-corrected chi connectivity index (χ3v) is 3.38. The van der Waals surface area contributed by atoms with Crippen molar-refractivity contribution in [2.24, 2.45) is 0 Å². The van der Waals surface area contributed by atoms with Crippen molar-refractivity contribution in [3.8, 4) is 17.1 Å². The van der Waals surface area contributed by atoms with E-state index in [9.17, 15) is 4.79 Å². The van der Waals surface area contributed by atoms with Crippen molar-refractivity contribution in [3.63, 3.8) is 0 Å². The number of anilines is 1. The van der Waals surface area contributed by atoms with E-state index in [1.165, 1.54) is 0 Å². The van der Waals surface area contributed by atoms with Crippen LogP contribution in [-0.2, 0) is 4.79 Å². The molecule has 0 fully saturated rings. The molecule has 0 aliphatic carbocycles. The summed E-state index contributed by atoms with van der Waals surface area (Å²) in [6.07, 6.45) is 3.26. The minimum absolute atomic E-state index is 0.0758. The molecule has 0 saturated carbocycles. The van der Waals surface area contributed by atoms with Crippen LogP contribution in [0.5, 0.6) is 5.75 Å². The first kappa shape index (κ1) is 16.4. The van der Waals surface area contributed by atoms with Gasteiger partial charge in [-0.3, -0.25) is 15.2 Å². The quantitative estimate of drug-likeness (QED) is 0.664. The van der Waals surface area contributed by atoms with Crippen molar-refractivity contribution in [1.29, 1.82) is 0 Å². The number of carbonyl (C=O) groups excluding carboxylic acids is 1. The Morgan fingerprint density at radius 2 is 2.00 bits per heavy atom. The number of amides is 1. The molecule has 3 aromatic rings. The number of benzene rings is 1. The van der Waals surface area contributed by atoms with Gasteiger partial charge in [-0.05, 0) is 43.2 Å². The van der Waals surface area contributed by atoms with E-state index in [0.29, 0.717) is 11.6 Å². The summed E-state index contributed by atoms with van der Waals surface area (Å²) in [5.41, 5.74) is 7.79. The molecule has 0 aliphatic heterocycles. The Morgan fingerprint density at radius 1 is 1.20 bits per heavy atom. The first-order valence-corrected chi connectivity index (χ1v) is 7.61. The average Bonchev–Trinajstić information content (AvgIpc) is 3.10. The molecule has 1 aromatic carbocycles. The molecule has 128 valence electrons. The average molecular weight is 339 g/mol. The number of aryl methyl sites for hydroxylation is 2. The van der Waals surface area contributed by atoms with E-state index < -0.39 is 0 Å². The lowest BCUT2D eigenvalue weighted by Gasteiger charge is -2.10. The second-order valence-corrected chi connectivity index (χ2v) is 5.39. The summed E-state index contributed by atoms with van der Waals surface area (Å²) in [7, 11) is 0. The number of hydrogen-bond acceptors (Lipinski definition) is 7. The van der Waals surface area contributed by atoms with Gasteiger partial charge >= 0.3 is 6.01 Å². The van der Waals surface area contributed by atoms with Crippen LogP contribution in [0.3, 0.4) is 0 Å². The Morgan fingerprint density at radius 3 is 2.80 bits per heavy atom. The number of ether oxygens (including phenoxy) is 1. The zero-order valence-electron chi connectivity index (χ0n) is 13.8. The Balaban J connectivity index is 1.51. The number of hydrogen-bond donors (Lipinski definition) is 2. The van der Waals surface area contributed by atoms with Crippen molar-refractivity contribution in [1.82, 2.24) is 20.6 Å². The van der Waals surface area contributed by atoms with Crippen molar-refractivity contribution < 1.29 is 14.1 Å². The zero-order valence-corrected chi connectivity index (χ0v) is 13.8. The molecule has 0 aliphatic rings. The first-order valence-electron chi connectivity index (χ1n) is 7.61. The minimum Gasteiger partial charge on any atom is -0.483 e. The zero-order chi connectivity index (χ0) is 17.6. The van der Waals surface area contributed by atoms with Gasteiger partial charge in [-0.25, -0.2) is 5.43 Å². The molecule has 0 saturated heterocycles. The normalized spacial score (nSPS) is 10.3. The van der Waals surface area contributed by atoms with Crippen LogP contribution >= 0.6 is 0 Å². The lowest BCUT2D eigenvalue weighted by atomic mass is 10.1. The lowest BCUT2D eigenvalue weighted by molar-refractivity contribution is -0.122. The van der Waals surface area contributed by atoms with Crippen molar-refractivity contribution in [2.75, 3.05) is 12.0 Å². The van der Waals surface area contributed by atoms with Crippen LogP contribution in [-0.4, -0.2) is 27.6 Å². The van der Waals surface area contributed by atoms with Gasteiger partial charge in [0.05, 0.1) is 0 Å². The number of pyridine rings is 1. The minimum atomic E-state index is -0.371. The third-order valence-electron chi connectivity index (χ3n) is 3.38. The maximum absolute atomic E-state index is 11.9. The monoisotopic (exact) mass is 339 g/mol. The summed E-state index contributed by atoms with van der Waals surface area (Å²) in [4.78, 5) is 19.9. The maximum atomic E-state index is 11.9. The van der Waals surface area contributed by atoms with Gasteiger partial charge in [-0.2, -0.15) is 4.98 Å². The van der Waals surface area contributed by atoms with Gasteiger partial charge < -0.3 is 9.26 Å². The summed E-state index contributed by atoms with van der Waals surface area (Å²) in [5.74, 6) is 0.697. The molecule has 1 amide bonds.